The van der Waals surface area contributed by atoms with Gasteiger partial charge in [-0.05, 0) is 101 Å². The number of hydrogen-bond acceptors (Lipinski definition) is 4. The van der Waals surface area contributed by atoms with Crippen LogP contribution in [0, 0.1) is 31.1 Å². The van der Waals surface area contributed by atoms with Crippen LogP contribution in [0.3, 0.4) is 0 Å². The fourth-order valence-corrected chi connectivity index (χ4v) is 4.23. The smallest absolute Gasteiger partial charge is 0.338 e. The monoisotopic (exact) mass is 448 g/mol. The number of nitrogens with zero attached hydrogens (tertiary/aromatic N) is 2. The first-order valence-corrected chi connectivity index (χ1v) is 12.1. The van der Waals surface area contributed by atoms with Crippen molar-refractivity contribution in [1.82, 2.24) is 4.90 Å². The molecule has 0 aliphatic rings. The van der Waals surface area contributed by atoms with Gasteiger partial charge in [0.25, 0.3) is 0 Å². The van der Waals surface area contributed by atoms with E-state index in [2.05, 4.69) is 70.0 Å². The average Bonchev–Trinajstić information content (AvgIpc) is 2.77. The van der Waals surface area contributed by atoms with Crippen LogP contribution in [0.2, 0.25) is 0 Å². The maximum atomic E-state index is 12.2. The molecule has 2 aromatic carbocycles. The molecule has 0 aliphatic carbocycles. The van der Waals surface area contributed by atoms with Gasteiger partial charge < -0.3 is 9.64 Å². The Morgan fingerprint density at radius 3 is 2.39 bits per heavy atom. The zero-order valence-electron chi connectivity index (χ0n) is 21.4. The van der Waals surface area contributed by atoms with Crippen LogP contribution >= 0.6 is 0 Å². The molecule has 2 aromatic rings. The van der Waals surface area contributed by atoms with Crippen molar-refractivity contribution in [3.63, 3.8) is 0 Å². The first-order chi connectivity index (χ1) is 15.6. The van der Waals surface area contributed by atoms with Crippen LogP contribution in [0.5, 0.6) is 0 Å². The van der Waals surface area contributed by atoms with E-state index in [1.54, 1.807) is 6.07 Å². The lowest BCUT2D eigenvalue weighted by atomic mass is 9.69. The molecule has 0 heterocycles. The number of ether oxygens (including phenoxy) is 1. The van der Waals surface area contributed by atoms with Gasteiger partial charge in [0.2, 0.25) is 0 Å². The molecule has 0 radical (unpaired) electrons. The lowest BCUT2D eigenvalue weighted by molar-refractivity contribution is 0.0377. The lowest BCUT2D eigenvalue weighted by Gasteiger charge is -2.32. The molecule has 33 heavy (non-hydrogen) atoms. The van der Waals surface area contributed by atoms with Gasteiger partial charge in [0, 0.05) is 6.54 Å². The topological polar surface area (TPSA) is 53.3 Å². The van der Waals surface area contributed by atoms with Crippen LogP contribution in [0.4, 0.5) is 0 Å². The summed E-state index contributed by atoms with van der Waals surface area (Å²) in [6.45, 7) is 14.1. The van der Waals surface area contributed by atoms with Gasteiger partial charge >= 0.3 is 5.97 Å². The summed E-state index contributed by atoms with van der Waals surface area (Å²) in [5, 5.41) is 10.2. The van der Waals surface area contributed by atoms with E-state index in [1.165, 1.54) is 11.1 Å². The summed E-state index contributed by atoms with van der Waals surface area (Å²) in [7, 11) is 2.12. The van der Waals surface area contributed by atoms with Gasteiger partial charge in [0.05, 0.1) is 23.2 Å². The van der Waals surface area contributed by atoms with Crippen molar-refractivity contribution in [2.45, 2.75) is 72.3 Å². The van der Waals surface area contributed by atoms with Crippen LogP contribution in [-0.2, 0) is 16.6 Å². The van der Waals surface area contributed by atoms with Crippen LogP contribution in [-0.4, -0.2) is 37.1 Å². The van der Waals surface area contributed by atoms with Gasteiger partial charge in [-0.1, -0.05) is 44.2 Å². The highest BCUT2D eigenvalue weighted by Gasteiger charge is 2.35. The quantitative estimate of drug-likeness (QED) is 0.382. The minimum Gasteiger partial charge on any atom is -0.459 e. The summed E-state index contributed by atoms with van der Waals surface area (Å²) in [5.41, 5.74) is 4.90. The van der Waals surface area contributed by atoms with E-state index in [9.17, 15) is 10.1 Å². The van der Waals surface area contributed by atoms with Gasteiger partial charge in [0.1, 0.15) is 0 Å². The van der Waals surface area contributed by atoms with Crippen LogP contribution in [0.15, 0.2) is 42.5 Å². The van der Waals surface area contributed by atoms with E-state index < -0.39 is 5.41 Å². The van der Waals surface area contributed by atoms with E-state index in [4.69, 9.17) is 4.74 Å². The molecule has 0 fully saturated rings. The predicted molar refractivity (Wildman–Crippen MR) is 135 cm³/mol. The number of benzene rings is 2. The standard InChI is InChI=1S/C29H40N2O2/c1-21(2)29(20-30,27-13-12-23(5)24(6)18-27)15-9-16-31(7)17-14-25-10-8-11-26(19-25)28(32)33-22(3)4/h8,10-13,18-19,21-22H,9,14-17H2,1-7H3. The van der Waals surface area contributed by atoms with Crippen molar-refractivity contribution in [3.8, 4) is 6.07 Å². The molecular weight excluding hydrogens is 408 g/mol. The summed E-state index contributed by atoms with van der Waals surface area (Å²) in [6.07, 6.45) is 2.53. The van der Waals surface area contributed by atoms with Crippen molar-refractivity contribution >= 4 is 5.97 Å². The number of rotatable bonds is 11. The normalized spacial score (nSPS) is 13.2. The molecule has 4 heteroatoms. The molecular formula is C29H40N2O2. The predicted octanol–water partition coefficient (Wildman–Crippen LogP) is 6.24. The van der Waals surface area contributed by atoms with Gasteiger partial charge in [-0.3, -0.25) is 0 Å². The van der Waals surface area contributed by atoms with E-state index in [0.29, 0.717) is 5.56 Å². The Balaban J connectivity index is 1.96. The molecule has 0 saturated heterocycles. The third-order valence-electron chi connectivity index (χ3n) is 6.61. The molecule has 1 atom stereocenters. The highest BCUT2D eigenvalue weighted by atomic mass is 16.5. The Morgan fingerprint density at radius 1 is 1.06 bits per heavy atom. The summed E-state index contributed by atoms with van der Waals surface area (Å²) in [4.78, 5) is 14.5. The molecule has 2 rings (SSSR count). The van der Waals surface area contributed by atoms with Crippen molar-refractivity contribution in [1.29, 1.82) is 5.26 Å². The maximum absolute atomic E-state index is 12.2. The van der Waals surface area contributed by atoms with Crippen LogP contribution < -0.4 is 0 Å². The Bertz CT molecular complexity index is 974. The molecule has 178 valence electrons. The fraction of sp³-hybridized carbons (Fsp3) is 0.517. The lowest BCUT2D eigenvalue weighted by Crippen LogP contribution is -2.32. The second-order valence-electron chi connectivity index (χ2n) is 9.85. The maximum Gasteiger partial charge on any atom is 0.338 e. The van der Waals surface area contributed by atoms with Gasteiger partial charge in [-0.2, -0.15) is 5.26 Å². The number of carbonyl (C=O) groups excluding carboxylic acids is 1. The number of nitriles is 1. The second kappa shape index (κ2) is 12.0. The zero-order valence-corrected chi connectivity index (χ0v) is 21.4. The number of likely N-dealkylation sites (N-methyl/N-ethyl adjacent to an activating group) is 1. The second-order valence-corrected chi connectivity index (χ2v) is 9.85. The van der Waals surface area contributed by atoms with Crippen LogP contribution in [0.25, 0.3) is 0 Å². The molecule has 4 nitrogen and oxygen atoms in total. The third kappa shape index (κ3) is 7.17. The molecule has 0 amide bonds. The number of carbonyl (C=O) groups is 1. The molecule has 0 aliphatic heterocycles. The number of esters is 1. The van der Waals surface area contributed by atoms with Crippen molar-refractivity contribution in [3.05, 3.63) is 70.3 Å². The van der Waals surface area contributed by atoms with Gasteiger partial charge in [-0.25, -0.2) is 4.79 Å². The van der Waals surface area contributed by atoms with E-state index in [1.807, 2.05) is 26.0 Å². The molecule has 0 saturated carbocycles. The largest absolute Gasteiger partial charge is 0.459 e. The summed E-state index contributed by atoms with van der Waals surface area (Å²) in [5.74, 6) is -0.0312. The molecule has 0 N–H and O–H groups in total. The fourth-order valence-electron chi connectivity index (χ4n) is 4.23. The highest BCUT2D eigenvalue weighted by molar-refractivity contribution is 5.89. The summed E-state index contributed by atoms with van der Waals surface area (Å²) < 4.78 is 5.31. The molecule has 0 bridgehead atoms. The minimum atomic E-state index is -0.468. The van der Waals surface area contributed by atoms with E-state index in [0.717, 1.165) is 43.5 Å². The Morgan fingerprint density at radius 2 is 1.79 bits per heavy atom. The number of hydrogen-bond donors (Lipinski definition) is 0. The Kier molecular flexibility index (Phi) is 9.68. The molecule has 0 aromatic heterocycles. The van der Waals surface area contributed by atoms with Gasteiger partial charge in [0.15, 0.2) is 0 Å². The SMILES string of the molecule is Cc1ccc(C(C#N)(CCCN(C)CCc2cccc(C(=O)OC(C)C)c2)C(C)C)cc1C. The van der Waals surface area contributed by atoms with E-state index >= 15 is 0 Å². The van der Waals surface area contributed by atoms with Crippen molar-refractivity contribution < 1.29 is 9.53 Å². The van der Waals surface area contributed by atoms with Crippen molar-refractivity contribution in [2.75, 3.05) is 20.1 Å². The Labute approximate surface area is 200 Å². The van der Waals surface area contributed by atoms with Crippen LogP contribution in [0.1, 0.15) is 73.1 Å². The van der Waals surface area contributed by atoms with Crippen molar-refractivity contribution in [2.24, 2.45) is 5.92 Å². The Hall–Kier alpha value is -2.64. The van der Waals surface area contributed by atoms with Gasteiger partial charge in [-0.15, -0.1) is 0 Å². The molecule has 0 spiro atoms. The first kappa shape index (κ1) is 26.6. The third-order valence-corrected chi connectivity index (χ3v) is 6.61. The minimum absolute atomic E-state index is 0.123. The first-order valence-electron chi connectivity index (χ1n) is 12.1. The summed E-state index contributed by atoms with van der Waals surface area (Å²) >= 11 is 0. The number of aryl methyl sites for hydroxylation is 2. The average molecular weight is 449 g/mol. The van der Waals surface area contributed by atoms with E-state index in [-0.39, 0.29) is 18.0 Å². The zero-order chi connectivity index (χ0) is 24.6. The molecule has 1 unspecified atom stereocenters. The highest BCUT2D eigenvalue weighted by Crippen LogP contribution is 2.37. The summed E-state index contributed by atoms with van der Waals surface area (Å²) in [6, 6.07) is 16.8.